The molecule has 2 aromatic carbocycles. The molecule has 0 saturated heterocycles. The molecule has 7 nitrogen and oxygen atoms in total. The lowest BCUT2D eigenvalue weighted by Crippen LogP contribution is -2.52. The van der Waals surface area contributed by atoms with Crippen molar-refractivity contribution in [1.82, 2.24) is 10.2 Å². The summed E-state index contributed by atoms with van der Waals surface area (Å²) in [5, 5.41) is 3.82. The fourth-order valence-electron chi connectivity index (χ4n) is 3.30. The molecule has 2 amide bonds. The van der Waals surface area contributed by atoms with E-state index in [1.54, 1.807) is 56.3 Å². The maximum absolute atomic E-state index is 13.5. The predicted octanol–water partition coefficient (Wildman–Crippen LogP) is 4.40. The van der Waals surface area contributed by atoms with Crippen LogP contribution in [0.3, 0.4) is 0 Å². The summed E-state index contributed by atoms with van der Waals surface area (Å²) in [7, 11) is -3.82. The van der Waals surface area contributed by atoms with Gasteiger partial charge < -0.3 is 10.2 Å². The molecule has 10 heteroatoms. The number of nitrogens with one attached hydrogen (secondary N) is 1. The molecule has 0 aliphatic heterocycles. The van der Waals surface area contributed by atoms with Gasteiger partial charge in [0.2, 0.25) is 21.8 Å². The smallest absolute Gasteiger partial charge is 0.244 e. The maximum atomic E-state index is 13.5. The molecule has 0 unspecified atom stereocenters. The van der Waals surface area contributed by atoms with E-state index in [4.69, 9.17) is 23.2 Å². The van der Waals surface area contributed by atoms with Gasteiger partial charge in [-0.3, -0.25) is 13.9 Å². The first kappa shape index (κ1) is 28.0. The van der Waals surface area contributed by atoms with Crippen LogP contribution in [-0.2, 0) is 26.2 Å². The second-order valence-corrected chi connectivity index (χ2v) is 11.0. The average Bonchev–Trinajstić information content (AvgIpc) is 2.77. The Morgan fingerprint density at radius 2 is 1.68 bits per heavy atom. The minimum absolute atomic E-state index is 0.0657. The first-order valence-electron chi connectivity index (χ1n) is 10.9. The van der Waals surface area contributed by atoms with Crippen molar-refractivity contribution in [2.75, 3.05) is 17.1 Å². The number of hydrogen-bond acceptors (Lipinski definition) is 4. The third-order valence-corrected chi connectivity index (χ3v) is 7.41. The molecule has 0 heterocycles. The summed E-state index contributed by atoms with van der Waals surface area (Å²) >= 11 is 12.2. The highest BCUT2D eigenvalue weighted by Gasteiger charge is 2.31. The van der Waals surface area contributed by atoms with Crippen LogP contribution < -0.4 is 9.62 Å². The van der Waals surface area contributed by atoms with E-state index < -0.39 is 28.5 Å². The first-order chi connectivity index (χ1) is 15.8. The van der Waals surface area contributed by atoms with Crippen LogP contribution >= 0.6 is 23.2 Å². The van der Waals surface area contributed by atoms with Gasteiger partial charge in [-0.05, 0) is 62.6 Å². The first-order valence-corrected chi connectivity index (χ1v) is 13.5. The fourth-order valence-corrected chi connectivity index (χ4v) is 4.49. The third kappa shape index (κ3) is 7.35. The van der Waals surface area contributed by atoms with Crippen LogP contribution in [0.4, 0.5) is 5.69 Å². The lowest BCUT2D eigenvalue weighted by molar-refractivity contribution is -0.139. The highest BCUT2D eigenvalue weighted by atomic mass is 35.5. The number of amides is 2. The van der Waals surface area contributed by atoms with E-state index >= 15 is 0 Å². The van der Waals surface area contributed by atoms with Crippen molar-refractivity contribution in [3.05, 3.63) is 63.6 Å². The summed E-state index contributed by atoms with van der Waals surface area (Å²) in [6.07, 6.45) is 1.77. The van der Waals surface area contributed by atoms with Crippen molar-refractivity contribution in [1.29, 1.82) is 0 Å². The van der Waals surface area contributed by atoms with Gasteiger partial charge >= 0.3 is 0 Å². The molecular weight excluding hydrogens is 497 g/mol. The zero-order valence-corrected chi connectivity index (χ0v) is 22.3. The van der Waals surface area contributed by atoms with E-state index in [0.717, 1.165) is 22.5 Å². The summed E-state index contributed by atoms with van der Waals surface area (Å²) in [6, 6.07) is 10.9. The largest absolute Gasteiger partial charge is 0.352 e. The predicted molar refractivity (Wildman–Crippen MR) is 138 cm³/mol. The Labute approximate surface area is 212 Å². The molecule has 2 atom stereocenters. The molecule has 0 spiro atoms. The van der Waals surface area contributed by atoms with Gasteiger partial charge in [0.15, 0.2) is 0 Å². The summed E-state index contributed by atoms with van der Waals surface area (Å²) in [6.45, 7) is 6.77. The molecule has 0 fully saturated rings. The molecule has 186 valence electrons. The highest BCUT2D eigenvalue weighted by Crippen LogP contribution is 2.28. The van der Waals surface area contributed by atoms with Gasteiger partial charge in [0.1, 0.15) is 12.6 Å². The Morgan fingerprint density at radius 1 is 1.06 bits per heavy atom. The number of benzene rings is 2. The Morgan fingerprint density at radius 3 is 2.24 bits per heavy atom. The molecule has 1 N–H and O–H groups in total. The minimum atomic E-state index is -3.82. The van der Waals surface area contributed by atoms with E-state index in [1.165, 1.54) is 4.90 Å². The van der Waals surface area contributed by atoms with Crippen LogP contribution in [0.2, 0.25) is 10.0 Å². The van der Waals surface area contributed by atoms with Crippen LogP contribution in [0.5, 0.6) is 0 Å². The average molecular weight is 529 g/mol. The molecule has 0 aromatic heterocycles. The van der Waals surface area contributed by atoms with Crippen molar-refractivity contribution in [3.63, 3.8) is 0 Å². The summed E-state index contributed by atoms with van der Waals surface area (Å²) in [5.41, 5.74) is 1.60. The van der Waals surface area contributed by atoms with Crippen molar-refractivity contribution in [2.45, 2.75) is 52.7 Å². The van der Waals surface area contributed by atoms with Crippen molar-refractivity contribution < 1.29 is 18.0 Å². The Bertz CT molecular complexity index is 1120. The Hall–Kier alpha value is -2.29. The van der Waals surface area contributed by atoms with Gasteiger partial charge in [-0.1, -0.05) is 48.3 Å². The summed E-state index contributed by atoms with van der Waals surface area (Å²) in [4.78, 5) is 27.8. The molecule has 2 rings (SSSR count). The van der Waals surface area contributed by atoms with Gasteiger partial charge in [-0.25, -0.2) is 8.42 Å². The van der Waals surface area contributed by atoms with Crippen LogP contribution in [0, 0.1) is 6.92 Å². The zero-order chi connectivity index (χ0) is 25.6. The summed E-state index contributed by atoms with van der Waals surface area (Å²) < 4.78 is 26.3. The Kier molecular flexibility index (Phi) is 9.79. The van der Waals surface area contributed by atoms with Gasteiger partial charge in [-0.15, -0.1) is 0 Å². The van der Waals surface area contributed by atoms with Gasteiger partial charge in [0.05, 0.1) is 11.9 Å². The van der Waals surface area contributed by atoms with E-state index in [-0.39, 0.29) is 18.5 Å². The van der Waals surface area contributed by atoms with Gasteiger partial charge in [-0.2, -0.15) is 0 Å². The lowest BCUT2D eigenvalue weighted by Gasteiger charge is -2.32. The molecule has 34 heavy (non-hydrogen) atoms. The van der Waals surface area contributed by atoms with E-state index in [1.807, 2.05) is 13.8 Å². The zero-order valence-electron chi connectivity index (χ0n) is 20.0. The van der Waals surface area contributed by atoms with Crippen LogP contribution in [0.25, 0.3) is 0 Å². The molecule has 0 radical (unpaired) electrons. The summed E-state index contributed by atoms with van der Waals surface area (Å²) in [5.74, 6) is -0.840. The van der Waals surface area contributed by atoms with Crippen LogP contribution in [0.1, 0.15) is 38.3 Å². The molecule has 0 aliphatic carbocycles. The van der Waals surface area contributed by atoms with Crippen molar-refractivity contribution in [2.24, 2.45) is 0 Å². The van der Waals surface area contributed by atoms with Gasteiger partial charge in [0.25, 0.3) is 0 Å². The third-order valence-electron chi connectivity index (χ3n) is 5.62. The Balaban J connectivity index is 2.42. The van der Waals surface area contributed by atoms with E-state index in [2.05, 4.69) is 5.32 Å². The van der Waals surface area contributed by atoms with Crippen molar-refractivity contribution >= 4 is 50.7 Å². The SMILES string of the molecule is CC[C@H](C)NC(=O)[C@@H](C)N(Cc1ccc(Cl)cc1)C(=O)CN(c1cccc(Cl)c1C)S(C)(=O)=O. The highest BCUT2D eigenvalue weighted by molar-refractivity contribution is 7.92. The molecule has 0 saturated carbocycles. The second-order valence-electron chi connectivity index (χ2n) is 8.30. The number of halogens is 2. The fraction of sp³-hybridized carbons (Fsp3) is 0.417. The van der Waals surface area contributed by atoms with E-state index in [9.17, 15) is 18.0 Å². The van der Waals surface area contributed by atoms with Crippen LogP contribution in [0.15, 0.2) is 42.5 Å². The topological polar surface area (TPSA) is 86.8 Å². The second kappa shape index (κ2) is 11.9. The molecular formula is C24H31Cl2N3O4S. The number of hydrogen-bond donors (Lipinski definition) is 1. The van der Waals surface area contributed by atoms with Crippen LogP contribution in [-0.4, -0.2) is 50.0 Å². The molecule has 2 aromatic rings. The number of carbonyl (C=O) groups excluding carboxylic acids is 2. The number of anilines is 1. The lowest BCUT2D eigenvalue weighted by atomic mass is 10.1. The quantitative estimate of drug-likeness (QED) is 0.495. The van der Waals surface area contributed by atoms with Gasteiger partial charge in [0, 0.05) is 22.6 Å². The molecule has 0 bridgehead atoms. The number of carbonyl (C=O) groups is 2. The monoisotopic (exact) mass is 527 g/mol. The normalized spacial score (nSPS) is 13.1. The maximum Gasteiger partial charge on any atom is 0.244 e. The van der Waals surface area contributed by atoms with Crippen molar-refractivity contribution in [3.8, 4) is 0 Å². The molecule has 0 aliphatic rings. The standard InChI is InChI=1S/C24H31Cl2N3O4S/c1-6-16(2)27-24(31)18(4)28(14-19-10-12-20(25)13-11-19)23(30)15-29(34(5,32)33)22-9-7-8-21(26)17(22)3/h7-13,16,18H,6,14-15H2,1-5H3,(H,27,31)/t16-,18+/m0/s1. The number of sulfonamides is 1. The van der Waals surface area contributed by atoms with E-state index in [0.29, 0.717) is 21.3 Å². The minimum Gasteiger partial charge on any atom is -0.352 e. The number of nitrogens with zero attached hydrogens (tertiary/aromatic N) is 2. The number of rotatable bonds is 10.